The lowest BCUT2D eigenvalue weighted by atomic mass is 9.96. The number of carbonyl (C=O) groups excluding carboxylic acids is 3. The molecule has 0 atom stereocenters. The molecular weight excluding hydrogens is 302 g/mol. The molecule has 0 spiro atoms. The highest BCUT2D eigenvalue weighted by atomic mass is 32.1. The summed E-state index contributed by atoms with van der Waals surface area (Å²) in [5.74, 6) is -0.871. The number of nitrogens with zero attached hydrogens (tertiary/aromatic N) is 3. The van der Waals surface area contributed by atoms with Gasteiger partial charge in [0.1, 0.15) is 11.4 Å². The number of hydrogen-bond acceptors (Lipinski definition) is 6. The molecule has 1 aliphatic carbocycles. The van der Waals surface area contributed by atoms with Crippen molar-refractivity contribution in [2.45, 2.75) is 13.8 Å². The molecule has 0 N–H and O–H groups in total. The molecule has 2 heterocycles. The third kappa shape index (κ3) is 2.05. The number of thiophene rings is 1. The fourth-order valence-corrected chi connectivity index (χ4v) is 3.47. The average molecular weight is 315 g/mol. The Morgan fingerprint density at radius 1 is 1.09 bits per heavy atom. The van der Waals surface area contributed by atoms with Crippen LogP contribution in [-0.4, -0.2) is 45.4 Å². The van der Waals surface area contributed by atoms with Crippen molar-refractivity contribution in [1.29, 1.82) is 0 Å². The SMILES string of the molecule is CCN(CC)C(=O)c1cc2c(s1)C(=O)c1nccnc1C2=O. The summed E-state index contributed by atoms with van der Waals surface area (Å²) in [5, 5.41) is 0. The molecule has 6 nitrogen and oxygen atoms in total. The smallest absolute Gasteiger partial charge is 0.263 e. The van der Waals surface area contributed by atoms with Crippen LogP contribution in [0.25, 0.3) is 0 Å². The van der Waals surface area contributed by atoms with E-state index in [1.807, 2.05) is 13.8 Å². The minimum atomic E-state index is -0.354. The summed E-state index contributed by atoms with van der Waals surface area (Å²) in [6, 6.07) is 1.50. The van der Waals surface area contributed by atoms with Gasteiger partial charge in [-0.15, -0.1) is 11.3 Å². The van der Waals surface area contributed by atoms with Crippen LogP contribution in [0.3, 0.4) is 0 Å². The van der Waals surface area contributed by atoms with Crippen LogP contribution in [-0.2, 0) is 0 Å². The number of fused-ring (bicyclic) bond motifs is 2. The Morgan fingerprint density at radius 2 is 1.68 bits per heavy atom. The molecule has 2 aromatic heterocycles. The van der Waals surface area contributed by atoms with E-state index in [1.54, 1.807) is 4.90 Å². The van der Waals surface area contributed by atoms with E-state index in [0.717, 1.165) is 11.3 Å². The Kier molecular flexibility index (Phi) is 3.58. The van der Waals surface area contributed by atoms with Crippen molar-refractivity contribution in [3.63, 3.8) is 0 Å². The van der Waals surface area contributed by atoms with Crippen molar-refractivity contribution in [2.24, 2.45) is 0 Å². The fraction of sp³-hybridized carbons (Fsp3) is 0.267. The number of aromatic nitrogens is 2. The quantitative estimate of drug-likeness (QED) is 0.736. The molecule has 22 heavy (non-hydrogen) atoms. The molecule has 0 fully saturated rings. The number of hydrogen-bond donors (Lipinski definition) is 0. The van der Waals surface area contributed by atoms with Crippen molar-refractivity contribution in [1.82, 2.24) is 14.9 Å². The predicted octanol–water partition coefficient (Wildman–Crippen LogP) is 1.80. The van der Waals surface area contributed by atoms with Crippen molar-refractivity contribution in [2.75, 3.05) is 13.1 Å². The maximum Gasteiger partial charge on any atom is 0.263 e. The first kappa shape index (κ1) is 14.5. The molecule has 0 radical (unpaired) electrons. The molecule has 112 valence electrons. The van der Waals surface area contributed by atoms with Gasteiger partial charge < -0.3 is 4.90 Å². The number of amides is 1. The summed E-state index contributed by atoms with van der Waals surface area (Å²) in [4.78, 5) is 47.5. The zero-order chi connectivity index (χ0) is 15.9. The first-order valence-electron chi connectivity index (χ1n) is 6.92. The Morgan fingerprint density at radius 3 is 2.27 bits per heavy atom. The zero-order valence-electron chi connectivity index (χ0n) is 12.1. The molecule has 0 aliphatic heterocycles. The zero-order valence-corrected chi connectivity index (χ0v) is 12.9. The molecule has 3 rings (SSSR count). The van der Waals surface area contributed by atoms with Gasteiger partial charge >= 0.3 is 0 Å². The van der Waals surface area contributed by atoms with Gasteiger partial charge in [0.25, 0.3) is 5.91 Å². The lowest BCUT2D eigenvalue weighted by molar-refractivity contribution is 0.0777. The Balaban J connectivity index is 2.08. The Labute approximate surface area is 130 Å². The van der Waals surface area contributed by atoms with E-state index in [9.17, 15) is 14.4 Å². The van der Waals surface area contributed by atoms with Crippen LogP contribution in [0.1, 0.15) is 54.9 Å². The van der Waals surface area contributed by atoms with Crippen LogP contribution < -0.4 is 0 Å². The van der Waals surface area contributed by atoms with Crippen LogP contribution in [0, 0.1) is 0 Å². The first-order valence-corrected chi connectivity index (χ1v) is 7.73. The standard InChI is InChI=1S/C15H13N3O3S/c1-3-18(4-2)15(21)9-7-8-12(19)10-11(17-6-5-16-10)13(20)14(8)22-9/h5-7H,3-4H2,1-2H3. The van der Waals surface area contributed by atoms with Gasteiger partial charge in [-0.1, -0.05) is 0 Å². The lowest BCUT2D eigenvalue weighted by Gasteiger charge is -2.17. The summed E-state index contributed by atoms with van der Waals surface area (Å²) >= 11 is 1.05. The van der Waals surface area contributed by atoms with Gasteiger partial charge in [-0.3, -0.25) is 14.4 Å². The summed E-state index contributed by atoms with van der Waals surface area (Å²) < 4.78 is 0. The van der Waals surface area contributed by atoms with Crippen molar-refractivity contribution >= 4 is 28.8 Å². The third-order valence-corrected chi connectivity index (χ3v) is 4.69. The summed E-state index contributed by atoms with van der Waals surface area (Å²) in [6.07, 6.45) is 2.76. The second kappa shape index (κ2) is 5.42. The van der Waals surface area contributed by atoms with Gasteiger partial charge in [0.2, 0.25) is 11.6 Å². The van der Waals surface area contributed by atoms with E-state index in [4.69, 9.17) is 0 Å². The van der Waals surface area contributed by atoms with Crippen molar-refractivity contribution in [3.8, 4) is 0 Å². The largest absolute Gasteiger partial charge is 0.339 e. The molecule has 1 amide bonds. The van der Waals surface area contributed by atoms with Crippen molar-refractivity contribution in [3.05, 3.63) is 45.2 Å². The summed E-state index contributed by atoms with van der Waals surface area (Å²) in [6.45, 7) is 4.91. The van der Waals surface area contributed by atoms with E-state index < -0.39 is 0 Å². The van der Waals surface area contributed by atoms with Gasteiger partial charge in [0, 0.05) is 31.0 Å². The van der Waals surface area contributed by atoms with Crippen LogP contribution in [0.15, 0.2) is 18.5 Å². The van der Waals surface area contributed by atoms with Crippen LogP contribution in [0.2, 0.25) is 0 Å². The van der Waals surface area contributed by atoms with Gasteiger partial charge in [0.05, 0.1) is 9.75 Å². The van der Waals surface area contributed by atoms with Crippen molar-refractivity contribution < 1.29 is 14.4 Å². The minimum absolute atomic E-state index is 0.0552. The minimum Gasteiger partial charge on any atom is -0.339 e. The predicted molar refractivity (Wildman–Crippen MR) is 80.5 cm³/mol. The average Bonchev–Trinajstić information content (AvgIpc) is 2.99. The van der Waals surface area contributed by atoms with E-state index in [1.165, 1.54) is 18.5 Å². The Hall–Kier alpha value is -2.41. The highest BCUT2D eigenvalue weighted by molar-refractivity contribution is 7.16. The lowest BCUT2D eigenvalue weighted by Crippen LogP contribution is -2.29. The van der Waals surface area contributed by atoms with Crippen LogP contribution >= 0.6 is 11.3 Å². The molecule has 0 saturated carbocycles. The molecule has 7 heteroatoms. The number of rotatable bonds is 3. The summed E-state index contributed by atoms with van der Waals surface area (Å²) in [5.41, 5.74) is 0.363. The molecule has 2 aromatic rings. The van der Waals surface area contributed by atoms with E-state index in [-0.39, 0.29) is 39.3 Å². The molecule has 1 aliphatic rings. The van der Waals surface area contributed by atoms with E-state index >= 15 is 0 Å². The molecule has 0 saturated heterocycles. The molecular formula is C15H13N3O3S. The van der Waals surface area contributed by atoms with Gasteiger partial charge in [0.15, 0.2) is 0 Å². The topological polar surface area (TPSA) is 80.2 Å². The molecule has 0 bridgehead atoms. The second-order valence-electron chi connectivity index (χ2n) is 4.74. The number of carbonyl (C=O) groups is 3. The van der Waals surface area contributed by atoms with Gasteiger partial charge in [-0.25, -0.2) is 9.97 Å². The summed E-state index contributed by atoms with van der Waals surface area (Å²) in [7, 11) is 0. The van der Waals surface area contributed by atoms with Gasteiger partial charge in [-0.05, 0) is 19.9 Å². The highest BCUT2D eigenvalue weighted by Crippen LogP contribution is 2.32. The van der Waals surface area contributed by atoms with Crippen LogP contribution in [0.4, 0.5) is 0 Å². The molecule has 0 unspecified atom stereocenters. The second-order valence-corrected chi connectivity index (χ2v) is 5.79. The van der Waals surface area contributed by atoms with E-state index in [2.05, 4.69) is 9.97 Å². The Bertz CT molecular complexity index is 741. The normalized spacial score (nSPS) is 12.8. The number of ketones is 2. The fourth-order valence-electron chi connectivity index (χ4n) is 2.41. The van der Waals surface area contributed by atoms with E-state index in [0.29, 0.717) is 18.0 Å². The maximum atomic E-state index is 12.4. The van der Waals surface area contributed by atoms with Crippen LogP contribution in [0.5, 0.6) is 0 Å². The maximum absolute atomic E-state index is 12.4. The monoisotopic (exact) mass is 315 g/mol. The highest BCUT2D eigenvalue weighted by Gasteiger charge is 2.35. The molecule has 0 aromatic carbocycles. The van der Waals surface area contributed by atoms with Gasteiger partial charge in [-0.2, -0.15) is 0 Å². The first-order chi connectivity index (χ1) is 10.6. The third-order valence-electron chi connectivity index (χ3n) is 3.57.